The van der Waals surface area contributed by atoms with Gasteiger partial charge in [0.15, 0.2) is 10.8 Å². The van der Waals surface area contributed by atoms with Gasteiger partial charge in [-0.2, -0.15) is 0 Å². The maximum Gasteiger partial charge on any atom is 0.280 e. The van der Waals surface area contributed by atoms with Crippen LogP contribution in [-0.2, 0) is 0 Å². The minimum absolute atomic E-state index is 0.241. The number of hydrogen-bond acceptors (Lipinski definition) is 8. The molecule has 0 bridgehead atoms. The van der Waals surface area contributed by atoms with Crippen molar-refractivity contribution in [2.45, 2.75) is 13.3 Å². The Kier molecular flexibility index (Phi) is 6.89. The van der Waals surface area contributed by atoms with Gasteiger partial charge in [-0.15, -0.1) is 0 Å². The van der Waals surface area contributed by atoms with E-state index in [-0.39, 0.29) is 5.91 Å². The van der Waals surface area contributed by atoms with Gasteiger partial charge in [-0.3, -0.25) is 4.79 Å². The molecule has 2 heterocycles. The molecule has 154 valence electrons. The molecular weight excluding hydrogens is 395 g/mol. The number of halogens is 1. The van der Waals surface area contributed by atoms with Crippen molar-refractivity contribution in [3.05, 3.63) is 35.4 Å². The zero-order valence-corrected chi connectivity index (χ0v) is 17.3. The van der Waals surface area contributed by atoms with Crippen LogP contribution in [0.3, 0.4) is 0 Å². The quantitative estimate of drug-likeness (QED) is 0.516. The number of hydrogen-bond donors (Lipinski definition) is 2. The number of thiazole rings is 1. The highest BCUT2D eigenvalue weighted by atomic mass is 32.1. The van der Waals surface area contributed by atoms with Crippen molar-refractivity contribution in [3.63, 3.8) is 0 Å². The molecule has 3 aromatic rings. The molecule has 2 aromatic heterocycles. The summed E-state index contributed by atoms with van der Waals surface area (Å²) < 4.78 is 19.0. The molecule has 1 aromatic carbocycles. The monoisotopic (exact) mass is 418 g/mol. The van der Waals surface area contributed by atoms with Gasteiger partial charge in [0.2, 0.25) is 0 Å². The fourth-order valence-electron chi connectivity index (χ4n) is 2.62. The van der Waals surface area contributed by atoms with Crippen molar-refractivity contribution in [1.82, 2.24) is 25.2 Å². The van der Waals surface area contributed by atoms with E-state index in [0.29, 0.717) is 45.8 Å². The second-order valence-electron chi connectivity index (χ2n) is 6.51. The summed E-state index contributed by atoms with van der Waals surface area (Å²) in [6.07, 6.45) is 2.24. The number of amides is 1. The van der Waals surface area contributed by atoms with Gasteiger partial charge < -0.3 is 20.3 Å². The maximum atomic E-state index is 13.5. The molecule has 0 saturated heterocycles. The molecule has 0 aliphatic carbocycles. The van der Waals surface area contributed by atoms with Gasteiger partial charge in [-0.05, 0) is 46.1 Å². The molecule has 0 radical (unpaired) electrons. The first-order valence-corrected chi connectivity index (χ1v) is 10.0. The Hall–Kier alpha value is -2.85. The summed E-state index contributed by atoms with van der Waals surface area (Å²) in [6, 6.07) is 4.20. The molecule has 3 rings (SSSR count). The second-order valence-corrected chi connectivity index (χ2v) is 7.48. The fourth-order valence-corrected chi connectivity index (χ4v) is 3.44. The lowest BCUT2D eigenvalue weighted by Crippen LogP contribution is -2.26. The van der Waals surface area contributed by atoms with E-state index < -0.39 is 5.82 Å². The molecule has 0 spiro atoms. The van der Waals surface area contributed by atoms with Gasteiger partial charge in [0.1, 0.15) is 28.2 Å². The number of benzene rings is 1. The van der Waals surface area contributed by atoms with Gasteiger partial charge in [0.05, 0.1) is 12.3 Å². The summed E-state index contributed by atoms with van der Waals surface area (Å²) in [4.78, 5) is 27.9. The van der Waals surface area contributed by atoms with Crippen LogP contribution in [0, 0.1) is 5.82 Å². The zero-order valence-electron chi connectivity index (χ0n) is 16.5. The molecule has 0 aliphatic heterocycles. The van der Waals surface area contributed by atoms with E-state index in [1.807, 2.05) is 21.0 Å². The highest BCUT2D eigenvalue weighted by molar-refractivity contribution is 7.19. The fraction of sp³-hybridized carbons (Fsp3) is 0.368. The van der Waals surface area contributed by atoms with E-state index in [1.54, 1.807) is 6.07 Å². The third-order valence-corrected chi connectivity index (χ3v) is 4.92. The van der Waals surface area contributed by atoms with Crippen LogP contribution < -0.4 is 15.4 Å². The van der Waals surface area contributed by atoms with Crippen LogP contribution >= 0.6 is 11.3 Å². The number of fused-ring (bicyclic) bond motifs is 1. The molecular formula is C19H23FN6O2S. The van der Waals surface area contributed by atoms with Crippen LogP contribution in [0.15, 0.2) is 24.5 Å². The Bertz CT molecular complexity index is 994. The lowest BCUT2D eigenvalue weighted by Gasteiger charge is -2.12. The van der Waals surface area contributed by atoms with E-state index in [4.69, 9.17) is 4.74 Å². The molecule has 0 saturated carbocycles. The lowest BCUT2D eigenvalue weighted by molar-refractivity contribution is 0.0952. The molecule has 0 unspecified atom stereocenters. The number of carbonyl (C=O) groups is 1. The molecule has 10 heteroatoms. The van der Waals surface area contributed by atoms with E-state index in [1.165, 1.54) is 29.8 Å². The highest BCUT2D eigenvalue weighted by Gasteiger charge is 2.17. The predicted octanol–water partition coefficient (Wildman–Crippen LogP) is 3.05. The summed E-state index contributed by atoms with van der Waals surface area (Å²) in [6.45, 7) is 3.67. The minimum Gasteiger partial charge on any atom is -0.492 e. The van der Waals surface area contributed by atoms with E-state index >= 15 is 0 Å². The summed E-state index contributed by atoms with van der Waals surface area (Å²) in [5.41, 5.74) is 1.03. The smallest absolute Gasteiger partial charge is 0.280 e. The van der Waals surface area contributed by atoms with Crippen molar-refractivity contribution in [3.8, 4) is 5.75 Å². The molecule has 2 N–H and O–H groups in total. The zero-order chi connectivity index (χ0) is 20.8. The summed E-state index contributed by atoms with van der Waals surface area (Å²) >= 11 is 1.20. The third-order valence-electron chi connectivity index (χ3n) is 3.95. The number of aromatic nitrogens is 3. The van der Waals surface area contributed by atoms with Crippen molar-refractivity contribution >= 4 is 39.1 Å². The van der Waals surface area contributed by atoms with Crippen LogP contribution in [0.2, 0.25) is 0 Å². The van der Waals surface area contributed by atoms with Crippen molar-refractivity contribution < 1.29 is 13.9 Å². The molecule has 0 aliphatic rings. The molecule has 8 nitrogen and oxygen atoms in total. The van der Waals surface area contributed by atoms with Crippen LogP contribution in [0.25, 0.3) is 10.3 Å². The van der Waals surface area contributed by atoms with E-state index in [2.05, 4.69) is 30.5 Å². The number of anilines is 2. The summed E-state index contributed by atoms with van der Waals surface area (Å²) in [5.74, 6) is 0.155. The van der Waals surface area contributed by atoms with Crippen molar-refractivity contribution in [2.75, 3.05) is 39.1 Å². The third kappa shape index (κ3) is 5.36. The number of nitrogens with one attached hydrogen (secondary N) is 2. The minimum atomic E-state index is -0.395. The largest absolute Gasteiger partial charge is 0.492 e. The Morgan fingerprint density at radius 2 is 2.14 bits per heavy atom. The molecule has 0 atom stereocenters. The van der Waals surface area contributed by atoms with E-state index in [9.17, 15) is 9.18 Å². The summed E-state index contributed by atoms with van der Waals surface area (Å²) in [5, 5.41) is 6.29. The molecule has 0 fully saturated rings. The maximum absolute atomic E-state index is 13.5. The number of nitrogens with zero attached hydrogens (tertiary/aromatic N) is 4. The average Bonchev–Trinajstić information content (AvgIpc) is 3.13. The highest BCUT2D eigenvalue weighted by Crippen LogP contribution is 2.31. The van der Waals surface area contributed by atoms with Crippen LogP contribution in [-0.4, -0.2) is 59.6 Å². The van der Waals surface area contributed by atoms with Gasteiger partial charge in [-0.25, -0.2) is 19.3 Å². The Morgan fingerprint density at radius 1 is 1.31 bits per heavy atom. The van der Waals surface area contributed by atoms with Crippen LogP contribution in [0.4, 0.5) is 15.9 Å². The van der Waals surface area contributed by atoms with Gasteiger partial charge >= 0.3 is 0 Å². The van der Waals surface area contributed by atoms with Gasteiger partial charge in [-0.1, -0.05) is 11.3 Å². The standard InChI is InChI=1S/C19H23FN6O2S/c1-4-28-14-10-12(20)6-7-13(14)24-16-15-18(23-11-22-16)29-19(25-15)17(27)21-8-5-9-26(2)3/h6-7,10-11H,4-5,8-9H2,1-3H3,(H,21,27)(H,22,23,24). The second kappa shape index (κ2) is 9.57. The first-order chi connectivity index (χ1) is 14.0. The van der Waals surface area contributed by atoms with Crippen molar-refractivity contribution in [1.29, 1.82) is 0 Å². The number of carbonyl (C=O) groups excluding carboxylic acids is 1. The summed E-state index contributed by atoms with van der Waals surface area (Å²) in [7, 11) is 3.97. The molecule has 29 heavy (non-hydrogen) atoms. The SMILES string of the molecule is CCOc1cc(F)ccc1Nc1ncnc2sc(C(=O)NCCCN(C)C)nc12. The topological polar surface area (TPSA) is 92.3 Å². The Balaban J connectivity index is 1.79. The number of rotatable bonds is 9. The lowest BCUT2D eigenvalue weighted by atomic mass is 10.2. The van der Waals surface area contributed by atoms with Crippen molar-refractivity contribution in [2.24, 2.45) is 0 Å². The molecule has 1 amide bonds. The normalized spacial score (nSPS) is 11.1. The van der Waals surface area contributed by atoms with E-state index in [0.717, 1.165) is 13.0 Å². The van der Waals surface area contributed by atoms with Gasteiger partial charge in [0.25, 0.3) is 5.91 Å². The average molecular weight is 418 g/mol. The van der Waals surface area contributed by atoms with Crippen LogP contribution in [0.5, 0.6) is 5.75 Å². The first-order valence-electron chi connectivity index (χ1n) is 9.21. The Labute approximate surface area is 172 Å². The first kappa shape index (κ1) is 20.9. The predicted molar refractivity (Wildman–Crippen MR) is 112 cm³/mol. The van der Waals surface area contributed by atoms with Crippen LogP contribution in [0.1, 0.15) is 23.1 Å². The number of ether oxygens (including phenoxy) is 1. The van der Waals surface area contributed by atoms with Gasteiger partial charge in [0, 0.05) is 12.6 Å². The Morgan fingerprint density at radius 3 is 2.90 bits per heavy atom.